The molecule has 1 aliphatic heterocycles. The van der Waals surface area contributed by atoms with Gasteiger partial charge in [0.25, 0.3) is 5.91 Å². The molecule has 4 heteroatoms. The Bertz CT molecular complexity index is 575. The first kappa shape index (κ1) is 15.1. The number of carbonyl (C=O) groups is 2. The number of nitrogens with one attached hydrogen (secondary N) is 1. The molecule has 0 unspecified atom stereocenters. The Balaban J connectivity index is 1.73. The topological polar surface area (TPSA) is 55.4 Å². The number of hydrogen-bond acceptors (Lipinski definition) is 3. The number of rotatable bonds is 2. The van der Waals surface area contributed by atoms with Crippen molar-refractivity contribution < 1.29 is 14.3 Å². The number of cyclic esters (lactones) is 1. The molecule has 1 aliphatic carbocycles. The van der Waals surface area contributed by atoms with E-state index in [1.807, 2.05) is 18.2 Å². The molecule has 2 aliphatic rings. The smallest absolute Gasteiger partial charge is 0.339 e. The number of benzene rings is 1. The average molecular weight is 301 g/mol. The van der Waals surface area contributed by atoms with Crippen molar-refractivity contribution in [3.8, 4) is 0 Å². The van der Waals surface area contributed by atoms with Gasteiger partial charge in [0, 0.05) is 12.5 Å². The molecule has 0 bridgehead atoms. The van der Waals surface area contributed by atoms with Gasteiger partial charge in [-0.3, -0.25) is 4.79 Å². The maximum atomic E-state index is 12.7. The van der Waals surface area contributed by atoms with Crippen LogP contribution in [0.5, 0.6) is 0 Å². The van der Waals surface area contributed by atoms with Gasteiger partial charge in [-0.15, -0.1) is 0 Å². The van der Waals surface area contributed by atoms with E-state index in [9.17, 15) is 9.59 Å². The highest BCUT2D eigenvalue weighted by Crippen LogP contribution is 2.29. The van der Waals surface area contributed by atoms with Crippen LogP contribution in [0.15, 0.2) is 24.3 Å². The van der Waals surface area contributed by atoms with Crippen molar-refractivity contribution in [2.45, 2.75) is 63.5 Å². The predicted octanol–water partition coefficient (Wildman–Crippen LogP) is 3.00. The van der Waals surface area contributed by atoms with Crippen LogP contribution >= 0.6 is 0 Å². The van der Waals surface area contributed by atoms with Gasteiger partial charge in [0.15, 0.2) is 5.60 Å². The summed E-state index contributed by atoms with van der Waals surface area (Å²) in [6.07, 6.45) is 7.28. The van der Waals surface area contributed by atoms with Crippen LogP contribution in [0.25, 0.3) is 0 Å². The van der Waals surface area contributed by atoms with Crippen molar-refractivity contribution in [1.82, 2.24) is 5.32 Å². The fourth-order valence-electron chi connectivity index (χ4n) is 3.42. The minimum Gasteiger partial charge on any atom is -0.445 e. The molecule has 1 aromatic rings. The third-order valence-corrected chi connectivity index (χ3v) is 4.75. The van der Waals surface area contributed by atoms with Gasteiger partial charge >= 0.3 is 5.97 Å². The van der Waals surface area contributed by atoms with Crippen molar-refractivity contribution in [2.75, 3.05) is 0 Å². The molecule has 0 spiro atoms. The van der Waals surface area contributed by atoms with Crippen LogP contribution < -0.4 is 5.32 Å². The van der Waals surface area contributed by atoms with E-state index in [0.29, 0.717) is 12.0 Å². The minimum absolute atomic E-state index is 0.165. The Labute approximate surface area is 131 Å². The number of ether oxygens (including phenoxy) is 1. The number of carbonyl (C=O) groups excluding carboxylic acids is 2. The van der Waals surface area contributed by atoms with E-state index in [2.05, 4.69) is 5.32 Å². The largest absolute Gasteiger partial charge is 0.445 e. The van der Waals surface area contributed by atoms with Gasteiger partial charge in [0.2, 0.25) is 0 Å². The second-order valence-electron chi connectivity index (χ2n) is 6.62. The monoisotopic (exact) mass is 301 g/mol. The number of fused-ring (bicyclic) bond motifs is 1. The van der Waals surface area contributed by atoms with Crippen LogP contribution in [-0.2, 0) is 16.0 Å². The molecule has 1 heterocycles. The first-order valence-corrected chi connectivity index (χ1v) is 8.21. The van der Waals surface area contributed by atoms with Crippen molar-refractivity contribution in [2.24, 2.45) is 0 Å². The average Bonchev–Trinajstić information content (AvgIpc) is 2.76. The first-order chi connectivity index (χ1) is 10.6. The third kappa shape index (κ3) is 3.01. The van der Waals surface area contributed by atoms with E-state index in [1.165, 1.54) is 12.8 Å². The summed E-state index contributed by atoms with van der Waals surface area (Å²) in [5, 5.41) is 3.10. The molecule has 1 aromatic carbocycles. The number of hydrogen-bond donors (Lipinski definition) is 1. The van der Waals surface area contributed by atoms with Gasteiger partial charge < -0.3 is 10.1 Å². The Morgan fingerprint density at radius 2 is 1.86 bits per heavy atom. The maximum Gasteiger partial charge on any atom is 0.339 e. The number of esters is 1. The van der Waals surface area contributed by atoms with Crippen molar-refractivity contribution in [3.05, 3.63) is 35.4 Å². The molecule has 118 valence electrons. The Hall–Kier alpha value is -1.84. The van der Waals surface area contributed by atoms with Gasteiger partial charge in [0.05, 0.1) is 5.56 Å². The fraction of sp³-hybridized carbons (Fsp3) is 0.556. The van der Waals surface area contributed by atoms with E-state index in [4.69, 9.17) is 4.74 Å². The highest BCUT2D eigenvalue weighted by atomic mass is 16.6. The Morgan fingerprint density at radius 3 is 2.59 bits per heavy atom. The standard InChI is InChI=1S/C18H23NO3/c1-18(17(21)19-14-9-4-2-3-5-10-14)12-13-8-6-7-11-15(13)16(20)22-18/h6-8,11,14H,2-5,9-10,12H2,1H3,(H,19,21)/t18-/m0/s1. The summed E-state index contributed by atoms with van der Waals surface area (Å²) in [7, 11) is 0. The summed E-state index contributed by atoms with van der Waals surface area (Å²) in [5.41, 5.74) is 0.358. The van der Waals surface area contributed by atoms with Crippen LogP contribution in [-0.4, -0.2) is 23.5 Å². The van der Waals surface area contributed by atoms with Gasteiger partial charge in [-0.2, -0.15) is 0 Å². The van der Waals surface area contributed by atoms with Gasteiger partial charge in [-0.1, -0.05) is 43.9 Å². The van der Waals surface area contributed by atoms with Crippen LogP contribution in [0.4, 0.5) is 0 Å². The zero-order valence-electron chi connectivity index (χ0n) is 13.1. The highest BCUT2D eigenvalue weighted by Gasteiger charge is 2.43. The molecule has 3 rings (SSSR count). The van der Waals surface area contributed by atoms with Gasteiger partial charge in [-0.05, 0) is 31.4 Å². The zero-order chi connectivity index (χ0) is 15.6. The fourth-order valence-corrected chi connectivity index (χ4v) is 3.42. The third-order valence-electron chi connectivity index (χ3n) is 4.75. The second-order valence-corrected chi connectivity index (χ2v) is 6.62. The lowest BCUT2D eigenvalue weighted by molar-refractivity contribution is -0.140. The normalized spacial score (nSPS) is 25.8. The van der Waals surface area contributed by atoms with E-state index < -0.39 is 11.6 Å². The molecule has 22 heavy (non-hydrogen) atoms. The predicted molar refractivity (Wildman–Crippen MR) is 83.6 cm³/mol. The summed E-state index contributed by atoms with van der Waals surface area (Å²) in [4.78, 5) is 24.8. The van der Waals surface area contributed by atoms with E-state index in [0.717, 1.165) is 31.2 Å². The molecule has 0 radical (unpaired) electrons. The van der Waals surface area contributed by atoms with Crippen LogP contribution in [0.2, 0.25) is 0 Å². The Kier molecular flexibility index (Phi) is 4.19. The van der Waals surface area contributed by atoms with Crippen LogP contribution in [0, 0.1) is 0 Å². The van der Waals surface area contributed by atoms with Crippen molar-refractivity contribution >= 4 is 11.9 Å². The van der Waals surface area contributed by atoms with Crippen molar-refractivity contribution in [1.29, 1.82) is 0 Å². The summed E-state index contributed by atoms with van der Waals surface area (Å²) in [5.74, 6) is -0.567. The maximum absolute atomic E-state index is 12.7. The highest BCUT2D eigenvalue weighted by molar-refractivity contribution is 5.97. The first-order valence-electron chi connectivity index (χ1n) is 8.21. The molecule has 1 N–H and O–H groups in total. The molecule has 1 saturated carbocycles. The van der Waals surface area contributed by atoms with Crippen LogP contribution in [0.3, 0.4) is 0 Å². The zero-order valence-corrected chi connectivity index (χ0v) is 13.1. The summed E-state index contributed by atoms with van der Waals surface area (Å²) >= 11 is 0. The lowest BCUT2D eigenvalue weighted by Gasteiger charge is -2.34. The quantitative estimate of drug-likeness (QED) is 0.675. The van der Waals surface area contributed by atoms with Gasteiger partial charge in [-0.25, -0.2) is 4.79 Å². The van der Waals surface area contributed by atoms with Crippen LogP contribution in [0.1, 0.15) is 61.4 Å². The van der Waals surface area contributed by atoms with E-state index in [-0.39, 0.29) is 11.9 Å². The summed E-state index contributed by atoms with van der Waals surface area (Å²) in [6.45, 7) is 1.72. The second kappa shape index (κ2) is 6.11. The van der Waals surface area contributed by atoms with Crippen molar-refractivity contribution in [3.63, 3.8) is 0 Å². The molecule has 0 saturated heterocycles. The Morgan fingerprint density at radius 1 is 1.18 bits per heavy atom. The molecule has 0 aromatic heterocycles. The molecule has 4 nitrogen and oxygen atoms in total. The summed E-state index contributed by atoms with van der Waals surface area (Å²) in [6, 6.07) is 7.56. The van der Waals surface area contributed by atoms with E-state index in [1.54, 1.807) is 13.0 Å². The lowest BCUT2D eigenvalue weighted by Crippen LogP contribution is -2.54. The summed E-state index contributed by atoms with van der Waals surface area (Å²) < 4.78 is 5.48. The van der Waals surface area contributed by atoms with E-state index >= 15 is 0 Å². The minimum atomic E-state index is -1.10. The number of amides is 1. The molecular weight excluding hydrogens is 278 g/mol. The molecular formula is C18H23NO3. The molecule has 1 atom stereocenters. The molecule has 1 amide bonds. The lowest BCUT2D eigenvalue weighted by atomic mass is 9.89. The SMILES string of the molecule is C[C@@]1(C(=O)NC2CCCCCC2)Cc2ccccc2C(=O)O1. The molecule has 1 fully saturated rings. The van der Waals surface area contributed by atoms with Gasteiger partial charge in [0.1, 0.15) is 0 Å².